The number of nitrogens with one attached hydrogen (secondary N) is 1. The minimum Gasteiger partial charge on any atom is -0.308 e. The molecule has 1 atom stereocenters. The molecular weight excluding hydrogens is 515 g/mol. The molecule has 1 unspecified atom stereocenters. The van der Waals surface area contributed by atoms with Crippen molar-refractivity contribution in [2.45, 2.75) is 58.5 Å². The summed E-state index contributed by atoms with van der Waals surface area (Å²) in [5.41, 5.74) is 5.01. The molecule has 2 aromatic carbocycles. The van der Waals surface area contributed by atoms with Crippen molar-refractivity contribution in [1.82, 2.24) is 15.1 Å². The van der Waals surface area contributed by atoms with E-state index in [9.17, 15) is 19.7 Å². The lowest BCUT2D eigenvalue weighted by Gasteiger charge is -2.33. The van der Waals surface area contributed by atoms with E-state index in [2.05, 4.69) is 39.4 Å². The fourth-order valence-electron chi connectivity index (χ4n) is 6.09. The number of likely N-dealkylation sites (tertiary alicyclic amines) is 1. The summed E-state index contributed by atoms with van der Waals surface area (Å²) in [5, 5.41) is 23.4. The Morgan fingerprint density at radius 2 is 1.76 bits per heavy atom. The number of piperidine rings is 1. The van der Waals surface area contributed by atoms with Gasteiger partial charge < -0.3 is 10.2 Å². The number of carbonyl (C=O) groups excluding carboxylic acids is 1. The van der Waals surface area contributed by atoms with E-state index in [-0.39, 0.29) is 24.1 Å². The first-order chi connectivity index (χ1) is 19.9. The topological polar surface area (TPSA) is 86.4 Å². The fraction of sp³-hybridized carbons (Fsp3) is 0.485. The zero-order valence-electron chi connectivity index (χ0n) is 24.3. The van der Waals surface area contributed by atoms with E-state index in [0.29, 0.717) is 25.3 Å². The molecule has 0 spiro atoms. The monoisotopic (exact) mass is 556 g/mol. The van der Waals surface area contributed by atoms with Gasteiger partial charge in [0.1, 0.15) is 17.7 Å². The molecular formula is C33H41FN6O. The Balaban J connectivity index is 1.74. The van der Waals surface area contributed by atoms with Crippen LogP contribution in [0.3, 0.4) is 0 Å². The number of aryl methyl sites for hydroxylation is 2. The molecule has 2 aliphatic heterocycles. The van der Waals surface area contributed by atoms with Crippen LogP contribution in [0, 0.1) is 36.5 Å². The number of rotatable bonds is 11. The highest BCUT2D eigenvalue weighted by Gasteiger charge is 2.35. The van der Waals surface area contributed by atoms with E-state index in [1.54, 1.807) is 4.90 Å². The minimum absolute atomic E-state index is 0.157. The van der Waals surface area contributed by atoms with Crippen LogP contribution in [-0.2, 0) is 17.8 Å². The van der Waals surface area contributed by atoms with Crippen LogP contribution in [0.4, 0.5) is 10.1 Å². The van der Waals surface area contributed by atoms with Crippen LogP contribution in [0.15, 0.2) is 53.6 Å². The highest BCUT2D eigenvalue weighted by Crippen LogP contribution is 2.28. The van der Waals surface area contributed by atoms with E-state index in [4.69, 9.17) is 0 Å². The van der Waals surface area contributed by atoms with Crippen molar-refractivity contribution < 1.29 is 9.18 Å². The Morgan fingerprint density at radius 3 is 2.39 bits per heavy atom. The van der Waals surface area contributed by atoms with Crippen LogP contribution in [0.1, 0.15) is 47.9 Å². The molecule has 7 nitrogen and oxygen atoms in total. The van der Waals surface area contributed by atoms with Crippen LogP contribution in [0.5, 0.6) is 0 Å². The molecule has 1 amide bonds. The Kier molecular flexibility index (Phi) is 11.0. The lowest BCUT2D eigenvalue weighted by atomic mass is 9.91. The third-order valence-corrected chi connectivity index (χ3v) is 7.94. The van der Waals surface area contributed by atoms with E-state index >= 15 is 0 Å². The summed E-state index contributed by atoms with van der Waals surface area (Å²) < 4.78 is 13.5. The molecule has 4 rings (SSSR count). The molecule has 0 aromatic heterocycles. The molecule has 0 radical (unpaired) electrons. The molecule has 1 N–H and O–H groups in total. The number of nitriles is 2. The van der Waals surface area contributed by atoms with Crippen LogP contribution in [0.2, 0.25) is 0 Å². The smallest absolute Gasteiger partial charge is 0.257 e. The van der Waals surface area contributed by atoms with Crippen molar-refractivity contribution in [3.05, 3.63) is 75.9 Å². The summed E-state index contributed by atoms with van der Waals surface area (Å²) in [4.78, 5) is 20.6. The van der Waals surface area contributed by atoms with Gasteiger partial charge in [0.05, 0.1) is 12.2 Å². The first-order valence-corrected chi connectivity index (χ1v) is 14.7. The van der Waals surface area contributed by atoms with Crippen LogP contribution in [0.25, 0.3) is 0 Å². The molecule has 0 saturated carbocycles. The summed E-state index contributed by atoms with van der Waals surface area (Å²) >= 11 is 0. The zero-order valence-corrected chi connectivity index (χ0v) is 24.3. The largest absolute Gasteiger partial charge is 0.308 e. The SMILES string of the molecule is Cc1cc(C)cc(CC(C(C(=O)N(CCCF)c2cccc(CN3CCCCC3)c2)=C(C#N)C#N)N2CCNC2)c1. The van der Waals surface area contributed by atoms with Gasteiger partial charge in [0.2, 0.25) is 0 Å². The second-order valence-electron chi connectivity index (χ2n) is 11.2. The Labute approximate surface area is 243 Å². The number of carbonyl (C=O) groups is 1. The van der Waals surface area contributed by atoms with Crippen molar-refractivity contribution in [3.63, 3.8) is 0 Å². The number of halogens is 1. The van der Waals surface area contributed by atoms with E-state index < -0.39 is 18.6 Å². The normalized spacial score (nSPS) is 16.5. The first-order valence-electron chi connectivity index (χ1n) is 14.7. The Bertz CT molecular complexity index is 1280. The lowest BCUT2D eigenvalue weighted by Crippen LogP contribution is -2.45. The highest BCUT2D eigenvalue weighted by atomic mass is 19.1. The van der Waals surface area contributed by atoms with Crippen LogP contribution >= 0.6 is 0 Å². The van der Waals surface area contributed by atoms with Gasteiger partial charge in [-0.2, -0.15) is 10.5 Å². The van der Waals surface area contributed by atoms with Crippen molar-refractivity contribution in [2.75, 3.05) is 51.0 Å². The standard InChI is InChI=1S/C33H41FN6O/c1-25-16-26(2)18-28(17-25)20-31(39-15-11-37-24-39)32(29(21-35)22-36)33(41)40(14-7-10-34)30-9-6-8-27(19-30)23-38-12-4-3-5-13-38/h6,8-9,16-19,31,37H,3-5,7,10-15,20,23-24H2,1-2H3. The zero-order chi connectivity index (χ0) is 29.2. The third kappa shape index (κ3) is 8.01. The van der Waals surface area contributed by atoms with E-state index in [1.807, 2.05) is 44.2 Å². The van der Waals surface area contributed by atoms with Crippen LogP contribution < -0.4 is 10.2 Å². The number of amides is 1. The second kappa shape index (κ2) is 14.9. The molecule has 8 heteroatoms. The molecule has 2 aliphatic rings. The quantitative estimate of drug-likeness (QED) is 0.316. The summed E-state index contributed by atoms with van der Waals surface area (Å²) in [6.45, 7) is 8.55. The molecule has 41 heavy (non-hydrogen) atoms. The molecule has 2 fully saturated rings. The molecule has 2 aromatic rings. The Hall–Kier alpha value is -3.56. The van der Waals surface area contributed by atoms with Gasteiger partial charge in [-0.3, -0.25) is 19.0 Å². The van der Waals surface area contributed by atoms with Gasteiger partial charge in [-0.1, -0.05) is 47.9 Å². The van der Waals surface area contributed by atoms with Crippen molar-refractivity contribution in [3.8, 4) is 12.1 Å². The number of nitrogens with zero attached hydrogens (tertiary/aromatic N) is 5. The summed E-state index contributed by atoms with van der Waals surface area (Å²) in [6, 6.07) is 17.7. The van der Waals surface area contributed by atoms with Gasteiger partial charge in [0.15, 0.2) is 0 Å². The van der Waals surface area contributed by atoms with Gasteiger partial charge in [0.25, 0.3) is 5.91 Å². The third-order valence-electron chi connectivity index (χ3n) is 7.94. The summed E-state index contributed by atoms with van der Waals surface area (Å²) in [6.07, 6.45) is 4.27. The van der Waals surface area contributed by atoms with Gasteiger partial charge in [-0.15, -0.1) is 0 Å². The number of hydrogen-bond donors (Lipinski definition) is 1. The average molecular weight is 557 g/mol. The lowest BCUT2D eigenvalue weighted by molar-refractivity contribution is -0.115. The fourth-order valence-corrected chi connectivity index (χ4v) is 6.09. The van der Waals surface area contributed by atoms with Crippen LogP contribution in [-0.4, -0.2) is 67.8 Å². The minimum atomic E-state index is -0.568. The highest BCUT2D eigenvalue weighted by molar-refractivity contribution is 6.08. The Morgan fingerprint density at radius 1 is 1.02 bits per heavy atom. The number of allylic oxidation sites excluding steroid dienone is 1. The predicted octanol–water partition coefficient (Wildman–Crippen LogP) is 4.80. The van der Waals surface area contributed by atoms with Gasteiger partial charge in [-0.25, -0.2) is 0 Å². The molecule has 2 heterocycles. The summed E-state index contributed by atoms with van der Waals surface area (Å²) in [5.74, 6) is -0.409. The second-order valence-corrected chi connectivity index (χ2v) is 11.2. The van der Waals surface area contributed by atoms with Crippen molar-refractivity contribution in [1.29, 1.82) is 10.5 Å². The predicted molar refractivity (Wildman–Crippen MR) is 160 cm³/mol. The van der Waals surface area contributed by atoms with E-state index in [1.165, 1.54) is 19.3 Å². The molecule has 216 valence electrons. The maximum absolute atomic E-state index is 14.5. The molecule has 0 aliphatic carbocycles. The van der Waals surface area contributed by atoms with Gasteiger partial charge >= 0.3 is 0 Å². The molecule has 0 bridgehead atoms. The van der Waals surface area contributed by atoms with Gasteiger partial charge in [0, 0.05) is 44.6 Å². The number of hydrogen-bond acceptors (Lipinski definition) is 6. The number of benzene rings is 2. The van der Waals surface area contributed by atoms with Crippen molar-refractivity contribution >= 4 is 11.6 Å². The van der Waals surface area contributed by atoms with Crippen molar-refractivity contribution in [2.24, 2.45) is 0 Å². The number of alkyl halides is 1. The maximum Gasteiger partial charge on any atom is 0.257 e. The average Bonchev–Trinajstić information content (AvgIpc) is 3.50. The van der Waals surface area contributed by atoms with E-state index in [0.717, 1.165) is 48.4 Å². The van der Waals surface area contributed by atoms with Gasteiger partial charge in [-0.05, 0) is 75.9 Å². The number of anilines is 1. The molecule has 2 saturated heterocycles. The maximum atomic E-state index is 14.5. The first kappa shape index (κ1) is 30.4. The summed E-state index contributed by atoms with van der Waals surface area (Å²) in [7, 11) is 0.